The van der Waals surface area contributed by atoms with Crippen LogP contribution in [0.4, 0.5) is 0 Å². The highest BCUT2D eigenvalue weighted by molar-refractivity contribution is 6.27. The number of benzene rings is 4. The molecule has 0 N–H and O–H groups in total. The second-order valence-corrected chi connectivity index (χ2v) is 11.4. The quantitative estimate of drug-likeness (QED) is 0.232. The molecule has 0 spiro atoms. The van der Waals surface area contributed by atoms with Crippen LogP contribution in [0.15, 0.2) is 97.1 Å². The van der Waals surface area contributed by atoms with Crippen LogP contribution >= 0.6 is 11.6 Å². The van der Waals surface area contributed by atoms with Crippen LogP contribution in [-0.2, 0) is 0 Å². The second-order valence-electron chi connectivity index (χ2n) is 10.7. The minimum atomic E-state index is -0.798. The lowest BCUT2D eigenvalue weighted by Crippen LogP contribution is -2.41. The number of hydrogen-bond donors (Lipinski definition) is 0. The zero-order valence-electron chi connectivity index (χ0n) is 20.3. The molecule has 0 radical (unpaired) electrons. The number of fused-ring (bicyclic) bond motifs is 2. The fraction of sp³-hybridized carbons (Fsp3) is 0.235. The summed E-state index contributed by atoms with van der Waals surface area (Å²) in [6, 6.07) is 39.0. The van der Waals surface area contributed by atoms with Crippen molar-refractivity contribution in [3.05, 3.63) is 142 Å². The van der Waals surface area contributed by atoms with Gasteiger partial charge in [-0.2, -0.15) is 10.5 Å². The van der Waals surface area contributed by atoms with E-state index in [-0.39, 0.29) is 23.7 Å². The van der Waals surface area contributed by atoms with Gasteiger partial charge in [0.1, 0.15) is 4.87 Å². The van der Waals surface area contributed by atoms with E-state index in [0.717, 1.165) is 6.42 Å². The summed E-state index contributed by atoms with van der Waals surface area (Å²) in [5, 5.41) is 19.0. The molecule has 4 bridgehead atoms. The summed E-state index contributed by atoms with van der Waals surface area (Å²) in [5.41, 5.74) is 10.8. The maximum absolute atomic E-state index is 9.54. The highest BCUT2D eigenvalue weighted by Gasteiger charge is 2.52. The number of rotatable bonds is 0. The second kappa shape index (κ2) is 8.34. The van der Waals surface area contributed by atoms with Crippen LogP contribution in [0.3, 0.4) is 0 Å². The predicted octanol–water partition coefficient (Wildman–Crippen LogP) is 7.98. The molecule has 178 valence electrons. The van der Waals surface area contributed by atoms with Crippen molar-refractivity contribution in [2.45, 2.75) is 41.4 Å². The van der Waals surface area contributed by atoms with Gasteiger partial charge in [-0.25, -0.2) is 0 Å². The summed E-state index contributed by atoms with van der Waals surface area (Å²) in [6.45, 7) is 0. The minimum absolute atomic E-state index is 0.00318. The Kier molecular flexibility index (Phi) is 5.04. The number of alkyl halides is 1. The van der Waals surface area contributed by atoms with Gasteiger partial charge < -0.3 is 0 Å². The van der Waals surface area contributed by atoms with Crippen LogP contribution in [0.2, 0.25) is 0 Å². The summed E-state index contributed by atoms with van der Waals surface area (Å²) < 4.78 is 0. The van der Waals surface area contributed by atoms with Gasteiger partial charge >= 0.3 is 0 Å². The normalized spacial score (nSPS) is 28.8. The summed E-state index contributed by atoms with van der Waals surface area (Å²) in [7, 11) is 0. The Morgan fingerprint density at radius 1 is 0.595 bits per heavy atom. The highest BCUT2D eigenvalue weighted by atomic mass is 35.5. The van der Waals surface area contributed by atoms with Crippen LogP contribution in [-0.4, -0.2) is 4.87 Å². The van der Waals surface area contributed by atoms with Gasteiger partial charge in [0.25, 0.3) is 0 Å². The van der Waals surface area contributed by atoms with Crippen molar-refractivity contribution < 1.29 is 0 Å². The molecule has 3 heteroatoms. The van der Waals surface area contributed by atoms with Crippen LogP contribution in [0.5, 0.6) is 0 Å². The fourth-order valence-corrected chi connectivity index (χ4v) is 7.91. The number of hydrogen-bond acceptors (Lipinski definition) is 2. The van der Waals surface area contributed by atoms with Crippen molar-refractivity contribution in [3.8, 4) is 12.1 Å². The molecule has 4 aromatic rings. The van der Waals surface area contributed by atoms with E-state index in [1.54, 1.807) is 0 Å². The molecule has 0 heterocycles. The largest absolute Gasteiger partial charge is 0.198 e. The van der Waals surface area contributed by atoms with Gasteiger partial charge in [-0.1, -0.05) is 97.1 Å². The Hall–Kier alpha value is -3.85. The summed E-state index contributed by atoms with van der Waals surface area (Å²) >= 11 is 6.65. The molecule has 37 heavy (non-hydrogen) atoms. The van der Waals surface area contributed by atoms with Gasteiger partial charge in [-0.15, -0.1) is 11.6 Å². The molecule has 0 aliphatic heterocycles. The average molecular weight is 497 g/mol. The molecule has 0 saturated carbocycles. The maximum atomic E-state index is 9.54. The molecule has 2 atom stereocenters. The number of halogens is 1. The first-order valence-electron chi connectivity index (χ1n) is 13.0. The molecule has 6 aliphatic carbocycles. The van der Waals surface area contributed by atoms with Crippen LogP contribution in [0, 0.1) is 28.6 Å². The smallest absolute Gasteiger partial charge is 0.142 e. The third kappa shape index (κ3) is 3.16. The Morgan fingerprint density at radius 2 is 1.00 bits per heavy atom. The maximum Gasteiger partial charge on any atom is 0.142 e. The molecule has 0 saturated heterocycles. The molecular formula is C34H25ClN2. The van der Waals surface area contributed by atoms with E-state index in [2.05, 4.69) is 97.1 Å². The topological polar surface area (TPSA) is 47.6 Å². The first kappa shape index (κ1) is 22.4. The summed E-state index contributed by atoms with van der Waals surface area (Å²) in [6.07, 6.45) is 1.69. The fourth-order valence-electron chi connectivity index (χ4n) is 7.52. The standard InChI is InChI=1S/C17H12ClN.C17H13N/c18-17(10-19)9-15-11-5-1-3-7-13(11)16(17)14-8-4-2-6-12(14)15;18-10-11-9-16-12-5-1-3-7-14(12)17(11)15-8-4-2-6-13(15)16/h1-8,15-16H,9H2;1-8,11,16-17H,9H2. The van der Waals surface area contributed by atoms with Gasteiger partial charge in [-0.05, 0) is 57.3 Å². The minimum Gasteiger partial charge on any atom is -0.198 e. The zero-order chi connectivity index (χ0) is 25.1. The van der Waals surface area contributed by atoms with Gasteiger partial charge in [0.05, 0.1) is 18.1 Å². The van der Waals surface area contributed by atoms with Crippen LogP contribution < -0.4 is 0 Å². The van der Waals surface area contributed by atoms with Crippen molar-refractivity contribution in [1.82, 2.24) is 0 Å². The Balaban J connectivity index is 0.000000125. The molecule has 2 nitrogen and oxygen atoms in total. The van der Waals surface area contributed by atoms with Gasteiger partial charge in [0.15, 0.2) is 0 Å². The lowest BCUT2D eigenvalue weighted by molar-refractivity contribution is 0.431. The SMILES string of the molecule is N#CC1(Cl)CC2c3ccccc3C1c1ccccc12.N#CC1CC2c3ccccc3C1c1ccccc12. The van der Waals surface area contributed by atoms with E-state index in [0.29, 0.717) is 12.3 Å². The van der Waals surface area contributed by atoms with E-state index in [4.69, 9.17) is 11.6 Å². The van der Waals surface area contributed by atoms with E-state index >= 15 is 0 Å². The lowest BCUT2D eigenvalue weighted by atomic mass is 9.59. The molecule has 4 aromatic carbocycles. The predicted molar refractivity (Wildman–Crippen MR) is 146 cm³/mol. The molecule has 10 rings (SSSR count). The van der Waals surface area contributed by atoms with E-state index in [9.17, 15) is 10.5 Å². The summed E-state index contributed by atoms with van der Waals surface area (Å²) in [5.74, 6) is 1.10. The van der Waals surface area contributed by atoms with Crippen molar-refractivity contribution >= 4 is 11.6 Å². The van der Waals surface area contributed by atoms with Crippen LogP contribution in [0.1, 0.15) is 81.0 Å². The van der Waals surface area contributed by atoms with Crippen molar-refractivity contribution in [2.24, 2.45) is 5.92 Å². The summed E-state index contributed by atoms with van der Waals surface area (Å²) in [4.78, 5) is -0.798. The monoisotopic (exact) mass is 496 g/mol. The van der Waals surface area contributed by atoms with E-state index in [1.165, 1.54) is 44.5 Å². The molecular weight excluding hydrogens is 472 g/mol. The molecule has 0 amide bonds. The van der Waals surface area contributed by atoms with Crippen LogP contribution in [0.25, 0.3) is 0 Å². The number of nitrogens with zero attached hydrogens (tertiary/aromatic N) is 2. The Bertz CT molecular complexity index is 1530. The first-order chi connectivity index (χ1) is 18.1. The molecule has 0 aromatic heterocycles. The lowest BCUT2D eigenvalue weighted by Gasteiger charge is -2.47. The molecule has 6 aliphatic rings. The van der Waals surface area contributed by atoms with Crippen molar-refractivity contribution in [1.29, 1.82) is 10.5 Å². The molecule has 0 fully saturated rings. The van der Waals surface area contributed by atoms with Gasteiger partial charge in [-0.3, -0.25) is 0 Å². The highest BCUT2D eigenvalue weighted by Crippen LogP contribution is 2.59. The van der Waals surface area contributed by atoms with Crippen molar-refractivity contribution in [3.63, 3.8) is 0 Å². The van der Waals surface area contributed by atoms with E-state index < -0.39 is 4.87 Å². The van der Waals surface area contributed by atoms with Gasteiger partial charge in [0.2, 0.25) is 0 Å². The number of nitriles is 2. The molecule has 2 unspecified atom stereocenters. The zero-order valence-corrected chi connectivity index (χ0v) is 21.1. The Labute approximate surface area is 222 Å². The van der Waals surface area contributed by atoms with Gasteiger partial charge in [0, 0.05) is 23.7 Å². The third-order valence-electron chi connectivity index (χ3n) is 8.98. The third-order valence-corrected chi connectivity index (χ3v) is 9.44. The Morgan fingerprint density at radius 3 is 1.43 bits per heavy atom. The average Bonchev–Trinajstić information content (AvgIpc) is 2.97. The van der Waals surface area contributed by atoms with Crippen molar-refractivity contribution in [2.75, 3.05) is 0 Å². The van der Waals surface area contributed by atoms with E-state index in [1.807, 2.05) is 12.1 Å². The first-order valence-corrected chi connectivity index (χ1v) is 13.4.